The monoisotopic (exact) mass is 433 g/mol. The number of hydrogen-bond donors (Lipinski definition) is 1. The maximum absolute atomic E-state index is 14.1. The lowest BCUT2D eigenvalue weighted by Gasteiger charge is -2.41. The Balaban J connectivity index is 1.56. The summed E-state index contributed by atoms with van der Waals surface area (Å²) in [4.78, 5) is 26.9. The Hall–Kier alpha value is -2.81. The van der Waals surface area contributed by atoms with Crippen LogP contribution in [-0.2, 0) is 20.7 Å². The number of hydrogen-bond acceptors (Lipinski definition) is 5. The number of carbonyl (C=O) groups is 2. The van der Waals surface area contributed by atoms with E-state index in [1.54, 1.807) is 11.0 Å². The molecule has 0 spiro atoms. The molecular formula is C22H25F2N3O4. The summed E-state index contributed by atoms with van der Waals surface area (Å²) in [5.74, 6) is -1.74. The van der Waals surface area contributed by atoms with Crippen LogP contribution in [-0.4, -0.2) is 48.2 Å². The van der Waals surface area contributed by atoms with Crippen LogP contribution in [0.1, 0.15) is 31.4 Å². The number of primary amides is 1. The van der Waals surface area contributed by atoms with Crippen LogP contribution in [0, 0.1) is 23.0 Å². The number of ether oxygens (including phenoxy) is 1. The van der Waals surface area contributed by atoms with E-state index < -0.39 is 17.0 Å². The zero-order valence-corrected chi connectivity index (χ0v) is 17.1. The van der Waals surface area contributed by atoms with Crippen LogP contribution in [0.25, 0.3) is 11.3 Å². The summed E-state index contributed by atoms with van der Waals surface area (Å²) in [6, 6.07) is 4.84. The predicted molar refractivity (Wildman–Crippen MR) is 107 cm³/mol. The quantitative estimate of drug-likeness (QED) is 0.782. The van der Waals surface area contributed by atoms with Gasteiger partial charge in [0.2, 0.25) is 11.8 Å². The molecule has 2 aliphatic heterocycles. The van der Waals surface area contributed by atoms with Gasteiger partial charge in [0.15, 0.2) is 0 Å². The fraction of sp³-hybridized carbons (Fsp3) is 0.500. The number of likely N-dealkylation sites (tertiary alicyclic amines) is 1. The van der Waals surface area contributed by atoms with Crippen LogP contribution in [0.4, 0.5) is 8.78 Å². The molecule has 9 heteroatoms. The Morgan fingerprint density at radius 1 is 1.23 bits per heavy atom. The maximum Gasteiger partial charge on any atom is 0.229 e. The third-order valence-corrected chi connectivity index (χ3v) is 6.29. The molecule has 3 heterocycles. The molecule has 2 aliphatic rings. The SMILES string of the molecule is NC(=O)C1CCCN(C(=O)C2(Cc3cc(-c4ccc(F)cc4F)no3)CCOCC2)C1. The van der Waals surface area contributed by atoms with E-state index in [1.165, 1.54) is 6.07 Å². The van der Waals surface area contributed by atoms with Gasteiger partial charge in [0.1, 0.15) is 23.1 Å². The molecule has 166 valence electrons. The number of amides is 2. The van der Waals surface area contributed by atoms with Gasteiger partial charge in [0.25, 0.3) is 0 Å². The molecule has 0 aliphatic carbocycles. The molecule has 31 heavy (non-hydrogen) atoms. The topological polar surface area (TPSA) is 98.7 Å². The molecule has 0 radical (unpaired) electrons. The fourth-order valence-electron chi connectivity index (χ4n) is 4.51. The summed E-state index contributed by atoms with van der Waals surface area (Å²) >= 11 is 0. The maximum atomic E-state index is 14.1. The lowest BCUT2D eigenvalue weighted by Crippen LogP contribution is -2.52. The smallest absolute Gasteiger partial charge is 0.229 e. The van der Waals surface area contributed by atoms with Crippen molar-refractivity contribution in [1.82, 2.24) is 10.1 Å². The standard InChI is InChI=1S/C22H25F2N3O4/c23-15-3-4-17(18(24)10-15)19-11-16(31-26-19)12-22(5-8-30-9-6-22)21(29)27-7-1-2-14(13-27)20(25)28/h3-4,10-11,14H,1-2,5-9,12-13H2,(H2,25,28). The van der Waals surface area contributed by atoms with Gasteiger partial charge in [-0.1, -0.05) is 5.16 Å². The van der Waals surface area contributed by atoms with Crippen LogP contribution < -0.4 is 5.73 Å². The summed E-state index contributed by atoms with van der Waals surface area (Å²) in [6.07, 6.45) is 2.70. The summed E-state index contributed by atoms with van der Waals surface area (Å²) in [5, 5.41) is 3.93. The fourth-order valence-corrected chi connectivity index (χ4v) is 4.51. The normalized spacial score (nSPS) is 21.1. The summed E-state index contributed by atoms with van der Waals surface area (Å²) in [7, 11) is 0. The van der Waals surface area contributed by atoms with Crippen LogP contribution in [0.3, 0.4) is 0 Å². The van der Waals surface area contributed by atoms with E-state index in [9.17, 15) is 18.4 Å². The summed E-state index contributed by atoms with van der Waals surface area (Å²) in [6.45, 7) is 1.77. The van der Waals surface area contributed by atoms with Crippen molar-refractivity contribution in [2.24, 2.45) is 17.1 Å². The van der Waals surface area contributed by atoms with Gasteiger partial charge in [0, 0.05) is 50.4 Å². The van der Waals surface area contributed by atoms with E-state index >= 15 is 0 Å². The molecule has 2 amide bonds. The van der Waals surface area contributed by atoms with Crippen molar-refractivity contribution in [2.75, 3.05) is 26.3 Å². The lowest BCUT2D eigenvalue weighted by atomic mass is 9.74. The first-order valence-corrected chi connectivity index (χ1v) is 10.5. The van der Waals surface area contributed by atoms with Gasteiger partial charge in [-0.05, 0) is 37.8 Å². The van der Waals surface area contributed by atoms with Crippen LogP contribution >= 0.6 is 0 Å². The zero-order valence-electron chi connectivity index (χ0n) is 17.1. The Labute approximate surface area is 178 Å². The number of rotatable bonds is 5. The van der Waals surface area contributed by atoms with Gasteiger partial charge in [-0.3, -0.25) is 9.59 Å². The highest BCUT2D eigenvalue weighted by Crippen LogP contribution is 2.38. The second-order valence-corrected chi connectivity index (χ2v) is 8.36. The molecule has 0 bridgehead atoms. The molecular weight excluding hydrogens is 408 g/mol. The van der Waals surface area contributed by atoms with E-state index in [4.69, 9.17) is 15.0 Å². The van der Waals surface area contributed by atoms with Crippen molar-refractivity contribution < 1.29 is 27.6 Å². The van der Waals surface area contributed by atoms with Gasteiger partial charge >= 0.3 is 0 Å². The zero-order chi connectivity index (χ0) is 22.0. The minimum atomic E-state index is -0.754. The molecule has 1 aromatic heterocycles. The van der Waals surface area contributed by atoms with Crippen LogP contribution in [0.15, 0.2) is 28.8 Å². The van der Waals surface area contributed by atoms with Gasteiger partial charge in [-0.25, -0.2) is 8.78 Å². The van der Waals surface area contributed by atoms with Crippen molar-refractivity contribution in [3.8, 4) is 11.3 Å². The van der Waals surface area contributed by atoms with Crippen molar-refractivity contribution in [3.63, 3.8) is 0 Å². The number of piperidine rings is 1. The van der Waals surface area contributed by atoms with Gasteiger partial charge in [-0.2, -0.15) is 0 Å². The minimum Gasteiger partial charge on any atom is -0.381 e. The molecule has 2 fully saturated rings. The summed E-state index contributed by atoms with van der Waals surface area (Å²) < 4.78 is 38.2. The van der Waals surface area contributed by atoms with E-state index in [2.05, 4.69) is 5.16 Å². The first kappa shape index (κ1) is 21.4. The second-order valence-electron chi connectivity index (χ2n) is 8.36. The van der Waals surface area contributed by atoms with E-state index in [0.717, 1.165) is 18.6 Å². The Morgan fingerprint density at radius 2 is 2.00 bits per heavy atom. The second kappa shape index (κ2) is 8.74. The van der Waals surface area contributed by atoms with E-state index in [-0.39, 0.29) is 35.4 Å². The number of nitrogens with two attached hydrogens (primary N) is 1. The molecule has 0 saturated carbocycles. The molecule has 7 nitrogen and oxygen atoms in total. The number of halogens is 2. The molecule has 2 aromatic rings. The first-order valence-electron chi connectivity index (χ1n) is 10.5. The van der Waals surface area contributed by atoms with E-state index in [0.29, 0.717) is 51.3 Å². The van der Waals surface area contributed by atoms with Gasteiger partial charge in [-0.15, -0.1) is 0 Å². The third kappa shape index (κ3) is 4.46. The number of carbonyl (C=O) groups excluding carboxylic acids is 2. The average molecular weight is 433 g/mol. The molecule has 1 atom stereocenters. The molecule has 2 saturated heterocycles. The Morgan fingerprint density at radius 3 is 2.71 bits per heavy atom. The number of aromatic nitrogens is 1. The Kier molecular flexibility index (Phi) is 6.04. The average Bonchev–Trinajstić information content (AvgIpc) is 3.21. The highest BCUT2D eigenvalue weighted by Gasteiger charge is 2.45. The molecule has 4 rings (SSSR count). The van der Waals surface area contributed by atoms with E-state index in [1.807, 2.05) is 0 Å². The minimum absolute atomic E-state index is 0.0485. The highest BCUT2D eigenvalue weighted by atomic mass is 19.1. The van der Waals surface area contributed by atoms with Crippen molar-refractivity contribution in [1.29, 1.82) is 0 Å². The molecule has 1 unspecified atom stereocenters. The molecule has 1 aromatic carbocycles. The van der Waals surface area contributed by atoms with Crippen LogP contribution in [0.5, 0.6) is 0 Å². The number of nitrogens with zero attached hydrogens (tertiary/aromatic N) is 2. The number of benzene rings is 1. The van der Waals surface area contributed by atoms with Crippen molar-refractivity contribution in [3.05, 3.63) is 41.7 Å². The third-order valence-electron chi connectivity index (χ3n) is 6.29. The Bertz CT molecular complexity index is 971. The highest BCUT2D eigenvalue weighted by molar-refractivity contribution is 5.84. The van der Waals surface area contributed by atoms with Crippen LogP contribution in [0.2, 0.25) is 0 Å². The molecule has 2 N–H and O–H groups in total. The predicted octanol–water partition coefficient (Wildman–Crippen LogP) is 2.68. The van der Waals surface area contributed by atoms with Crippen molar-refractivity contribution in [2.45, 2.75) is 32.1 Å². The summed E-state index contributed by atoms with van der Waals surface area (Å²) in [5.41, 5.74) is 5.09. The lowest BCUT2D eigenvalue weighted by molar-refractivity contribution is -0.151. The largest absolute Gasteiger partial charge is 0.381 e. The van der Waals surface area contributed by atoms with Crippen molar-refractivity contribution >= 4 is 11.8 Å². The van der Waals surface area contributed by atoms with Gasteiger partial charge in [0.05, 0.1) is 11.3 Å². The first-order chi connectivity index (χ1) is 14.9. The van der Waals surface area contributed by atoms with Gasteiger partial charge < -0.3 is 19.9 Å².